The van der Waals surface area contributed by atoms with Gasteiger partial charge in [0.15, 0.2) is 5.82 Å². The van der Waals surface area contributed by atoms with Crippen LogP contribution in [-0.2, 0) is 0 Å². The predicted octanol–water partition coefficient (Wildman–Crippen LogP) is 3.78. The summed E-state index contributed by atoms with van der Waals surface area (Å²) in [5.41, 5.74) is 6.86. The van der Waals surface area contributed by atoms with E-state index in [4.69, 9.17) is 33.7 Å². The zero-order valence-corrected chi connectivity index (χ0v) is 15.1. The number of ether oxygens (including phenoxy) is 1. The van der Waals surface area contributed by atoms with Gasteiger partial charge < -0.3 is 15.8 Å². The smallest absolute Gasteiger partial charge is 0.409 e. The molecule has 0 aliphatic rings. The van der Waals surface area contributed by atoms with Gasteiger partial charge in [-0.15, -0.1) is 0 Å². The molecule has 0 unspecified atom stereocenters. The van der Waals surface area contributed by atoms with E-state index in [1.54, 1.807) is 0 Å². The van der Waals surface area contributed by atoms with Crippen LogP contribution in [0, 0.1) is 11.8 Å². The third kappa shape index (κ3) is 5.31. The number of aromatic nitrogens is 3. The topological polar surface area (TPSA) is 103 Å². The SMILES string of the molecule is NC(=O)Oc1ccnc(C#Cc2cccc(Nc3nc(Cl)ncc3Cl)c2)c1. The van der Waals surface area contributed by atoms with E-state index in [0.29, 0.717) is 16.5 Å². The maximum atomic E-state index is 10.8. The normalized spacial score (nSPS) is 9.85. The lowest BCUT2D eigenvalue weighted by Crippen LogP contribution is -2.16. The molecule has 0 radical (unpaired) electrons. The van der Waals surface area contributed by atoms with Crippen molar-refractivity contribution in [3.63, 3.8) is 0 Å². The van der Waals surface area contributed by atoms with E-state index in [9.17, 15) is 4.79 Å². The summed E-state index contributed by atoms with van der Waals surface area (Å²) in [6, 6.07) is 10.3. The summed E-state index contributed by atoms with van der Waals surface area (Å²) in [5, 5.41) is 3.48. The number of halogens is 2. The third-order valence-corrected chi connectivity index (χ3v) is 3.58. The minimum Gasteiger partial charge on any atom is -0.410 e. The van der Waals surface area contributed by atoms with E-state index in [0.717, 1.165) is 11.3 Å². The number of hydrogen-bond donors (Lipinski definition) is 2. The lowest BCUT2D eigenvalue weighted by Gasteiger charge is -2.07. The number of rotatable bonds is 3. The van der Waals surface area contributed by atoms with Crippen LogP contribution < -0.4 is 15.8 Å². The largest absolute Gasteiger partial charge is 0.410 e. The van der Waals surface area contributed by atoms with Crippen LogP contribution in [0.2, 0.25) is 10.3 Å². The van der Waals surface area contributed by atoms with Gasteiger partial charge in [0.2, 0.25) is 5.28 Å². The molecule has 27 heavy (non-hydrogen) atoms. The molecule has 3 N–H and O–H groups in total. The van der Waals surface area contributed by atoms with Gasteiger partial charge in [-0.3, -0.25) is 0 Å². The molecule has 1 amide bonds. The Hall–Kier alpha value is -3.34. The Bertz CT molecular complexity index is 1060. The standard InChI is InChI=1S/C18H11Cl2N5O2/c19-15-10-23-17(20)25-16(15)24-13-3-1-2-11(8-13)4-5-12-9-14(6-7-22-12)27-18(21)26/h1-3,6-10H,(H2,21,26)(H,23,24,25). The molecule has 134 valence electrons. The number of primary amides is 1. The van der Waals surface area contributed by atoms with Gasteiger partial charge in [-0.25, -0.2) is 14.8 Å². The second-order valence-corrected chi connectivity index (χ2v) is 5.83. The minimum atomic E-state index is -0.901. The van der Waals surface area contributed by atoms with Crippen LogP contribution in [0.4, 0.5) is 16.3 Å². The Morgan fingerprint density at radius 2 is 2.00 bits per heavy atom. The maximum absolute atomic E-state index is 10.8. The molecule has 0 fully saturated rings. The lowest BCUT2D eigenvalue weighted by atomic mass is 10.2. The second-order valence-electron chi connectivity index (χ2n) is 5.09. The molecule has 3 aromatic rings. The Morgan fingerprint density at radius 3 is 2.81 bits per heavy atom. The molecular weight excluding hydrogens is 389 g/mol. The summed E-state index contributed by atoms with van der Waals surface area (Å²) in [6.45, 7) is 0. The van der Waals surface area contributed by atoms with Crippen molar-refractivity contribution in [1.82, 2.24) is 15.0 Å². The van der Waals surface area contributed by atoms with Crippen LogP contribution in [0.15, 0.2) is 48.8 Å². The molecule has 0 saturated carbocycles. The lowest BCUT2D eigenvalue weighted by molar-refractivity contribution is 0.211. The van der Waals surface area contributed by atoms with Crippen molar-refractivity contribution < 1.29 is 9.53 Å². The number of nitrogens with zero attached hydrogens (tertiary/aromatic N) is 3. The Kier molecular flexibility index (Phi) is 5.71. The molecule has 0 atom stereocenters. The number of carbonyl (C=O) groups is 1. The minimum absolute atomic E-state index is 0.0852. The average Bonchev–Trinajstić information content (AvgIpc) is 2.63. The molecule has 2 aromatic heterocycles. The molecule has 0 spiro atoms. The van der Waals surface area contributed by atoms with Gasteiger partial charge in [-0.05, 0) is 41.8 Å². The summed E-state index contributed by atoms with van der Waals surface area (Å²) in [6.07, 6.45) is 1.99. The number of nitrogens with one attached hydrogen (secondary N) is 1. The summed E-state index contributed by atoms with van der Waals surface area (Å²) in [5.74, 6) is 6.53. The quantitative estimate of drug-likeness (QED) is 0.512. The maximum Gasteiger partial charge on any atom is 0.409 e. The van der Waals surface area contributed by atoms with Gasteiger partial charge in [0.25, 0.3) is 0 Å². The Labute approximate surface area is 164 Å². The van der Waals surface area contributed by atoms with Crippen molar-refractivity contribution in [2.75, 3.05) is 5.32 Å². The van der Waals surface area contributed by atoms with Crippen molar-refractivity contribution >= 4 is 40.8 Å². The van der Waals surface area contributed by atoms with E-state index < -0.39 is 6.09 Å². The van der Waals surface area contributed by atoms with Crippen LogP contribution in [0.3, 0.4) is 0 Å². The monoisotopic (exact) mass is 399 g/mol. The molecule has 7 nitrogen and oxygen atoms in total. The third-order valence-electron chi connectivity index (χ3n) is 3.12. The van der Waals surface area contributed by atoms with Gasteiger partial charge in [-0.2, -0.15) is 4.98 Å². The van der Waals surface area contributed by atoms with Gasteiger partial charge in [0.05, 0.1) is 6.20 Å². The Balaban J connectivity index is 1.80. The fourth-order valence-electron chi connectivity index (χ4n) is 2.04. The van der Waals surface area contributed by atoms with Crippen molar-refractivity contribution in [2.45, 2.75) is 0 Å². The highest BCUT2D eigenvalue weighted by atomic mass is 35.5. The van der Waals surface area contributed by atoms with Crippen molar-refractivity contribution in [3.05, 3.63) is 70.4 Å². The highest BCUT2D eigenvalue weighted by Gasteiger charge is 2.05. The number of hydrogen-bond acceptors (Lipinski definition) is 6. The second kappa shape index (κ2) is 8.36. The van der Waals surface area contributed by atoms with Gasteiger partial charge >= 0.3 is 6.09 Å². The first-order chi connectivity index (χ1) is 13.0. The number of pyridine rings is 1. The first kappa shape index (κ1) is 18.5. The van der Waals surface area contributed by atoms with E-state index in [2.05, 4.69) is 32.1 Å². The molecule has 2 heterocycles. The molecule has 0 aliphatic carbocycles. The zero-order chi connectivity index (χ0) is 19.2. The van der Waals surface area contributed by atoms with Gasteiger partial charge in [0.1, 0.15) is 16.5 Å². The predicted molar refractivity (Wildman–Crippen MR) is 102 cm³/mol. The van der Waals surface area contributed by atoms with Crippen LogP contribution in [0.25, 0.3) is 0 Å². The zero-order valence-electron chi connectivity index (χ0n) is 13.6. The molecule has 0 aliphatic heterocycles. The molecule has 0 bridgehead atoms. The fraction of sp³-hybridized carbons (Fsp3) is 0. The Morgan fingerprint density at radius 1 is 1.15 bits per heavy atom. The number of carbonyl (C=O) groups excluding carboxylic acids is 1. The average molecular weight is 400 g/mol. The molecule has 1 aromatic carbocycles. The number of benzene rings is 1. The highest BCUT2D eigenvalue weighted by Crippen LogP contribution is 2.24. The van der Waals surface area contributed by atoms with Crippen molar-refractivity contribution in [1.29, 1.82) is 0 Å². The van der Waals surface area contributed by atoms with Gasteiger partial charge in [0, 0.05) is 23.5 Å². The fourth-order valence-corrected chi connectivity index (χ4v) is 2.31. The summed E-state index contributed by atoms with van der Waals surface area (Å²) >= 11 is 11.8. The molecule has 0 saturated heterocycles. The van der Waals surface area contributed by atoms with E-state index in [-0.39, 0.29) is 11.0 Å². The highest BCUT2D eigenvalue weighted by molar-refractivity contribution is 6.33. The van der Waals surface area contributed by atoms with Crippen LogP contribution in [0.1, 0.15) is 11.3 Å². The van der Waals surface area contributed by atoms with Crippen molar-refractivity contribution in [3.8, 4) is 17.6 Å². The molecule has 3 rings (SSSR count). The summed E-state index contributed by atoms with van der Waals surface area (Å²) in [4.78, 5) is 22.7. The van der Waals surface area contributed by atoms with Crippen LogP contribution in [0.5, 0.6) is 5.75 Å². The number of anilines is 2. The number of amides is 1. The number of nitrogens with two attached hydrogens (primary N) is 1. The van der Waals surface area contributed by atoms with E-state index in [1.807, 2.05) is 24.3 Å². The summed E-state index contributed by atoms with van der Waals surface area (Å²) < 4.78 is 4.80. The summed E-state index contributed by atoms with van der Waals surface area (Å²) in [7, 11) is 0. The van der Waals surface area contributed by atoms with Crippen LogP contribution in [-0.4, -0.2) is 21.0 Å². The van der Waals surface area contributed by atoms with Crippen molar-refractivity contribution in [2.24, 2.45) is 5.73 Å². The van der Waals surface area contributed by atoms with Crippen LogP contribution >= 0.6 is 23.2 Å². The van der Waals surface area contributed by atoms with Gasteiger partial charge in [-0.1, -0.05) is 23.6 Å². The first-order valence-corrected chi connectivity index (χ1v) is 8.26. The first-order valence-electron chi connectivity index (χ1n) is 7.50. The van der Waals surface area contributed by atoms with E-state index >= 15 is 0 Å². The van der Waals surface area contributed by atoms with E-state index in [1.165, 1.54) is 24.5 Å². The molecular formula is C18H11Cl2N5O2. The molecule has 9 heteroatoms.